The molecule has 0 unspecified atom stereocenters. The van der Waals surface area contributed by atoms with Crippen LogP contribution in [-0.2, 0) is 19.2 Å². The van der Waals surface area contributed by atoms with Crippen molar-refractivity contribution in [3.05, 3.63) is 47.5 Å². The average Bonchev–Trinajstić information content (AvgIpc) is 2.86. The number of hydrogen-bond acceptors (Lipinski definition) is 8. The minimum atomic E-state index is -1.29. The molecule has 0 aliphatic rings. The number of rotatable bonds is 15. The maximum absolute atomic E-state index is 12.2. The summed E-state index contributed by atoms with van der Waals surface area (Å²) in [5.41, 5.74) is 0.0827. The lowest BCUT2D eigenvalue weighted by atomic mass is 10.1. The van der Waals surface area contributed by atoms with Gasteiger partial charge in [0.1, 0.15) is 22.6 Å². The molecule has 12 heteroatoms. The Bertz CT molecular complexity index is 1170. The van der Waals surface area contributed by atoms with Crippen LogP contribution in [0.3, 0.4) is 0 Å². The van der Waals surface area contributed by atoms with Crippen molar-refractivity contribution in [1.82, 2.24) is 0 Å². The third kappa shape index (κ3) is 10.9. The van der Waals surface area contributed by atoms with Gasteiger partial charge in [0.2, 0.25) is 11.8 Å². The van der Waals surface area contributed by atoms with Crippen LogP contribution in [0, 0.1) is 0 Å². The van der Waals surface area contributed by atoms with Crippen molar-refractivity contribution < 1.29 is 48.5 Å². The highest BCUT2D eigenvalue weighted by molar-refractivity contribution is 5.96. The molecule has 2 amide bonds. The molecule has 0 spiro atoms. The van der Waals surface area contributed by atoms with Gasteiger partial charge in [0.15, 0.2) is 0 Å². The van der Waals surface area contributed by atoms with Crippen molar-refractivity contribution >= 4 is 47.1 Å². The first kappa shape index (κ1) is 31.5. The Labute approximate surface area is 230 Å². The van der Waals surface area contributed by atoms with E-state index < -0.39 is 23.9 Å². The number of nitrogens with one attached hydrogen (secondary N) is 2. The predicted molar refractivity (Wildman–Crippen MR) is 144 cm³/mol. The number of ether oxygens (including phenoxy) is 2. The van der Waals surface area contributed by atoms with Crippen LogP contribution < -0.4 is 20.1 Å². The van der Waals surface area contributed by atoms with Gasteiger partial charge in [-0.1, -0.05) is 25.7 Å². The quantitative estimate of drug-likeness (QED) is 0.137. The zero-order valence-electron chi connectivity index (χ0n) is 22.3. The summed E-state index contributed by atoms with van der Waals surface area (Å²) in [7, 11) is 0. The van der Waals surface area contributed by atoms with Gasteiger partial charge >= 0.3 is 23.9 Å². The number of unbranched alkanes of at least 4 members (excludes halogenated alkanes) is 5. The monoisotopic (exact) mass is 556 g/mol. The standard InChI is InChI=1S/C28H32N2O10/c1-17(31)29-19-11-13-23(21(15-19)27(35)36)39-25(33)9-7-5-3-4-6-8-10-26(34)40-24-14-12-20(30-18(2)32)16-22(24)28(37)38/h11-16H,3-10H2,1-2H3,(H,29,31)(H,30,32)(H,35,36)(H,37,38). The van der Waals surface area contributed by atoms with Crippen LogP contribution in [-0.4, -0.2) is 45.9 Å². The lowest BCUT2D eigenvalue weighted by Crippen LogP contribution is -2.12. The number of amides is 2. The minimum absolute atomic E-state index is 0.0994. The smallest absolute Gasteiger partial charge is 0.339 e. The van der Waals surface area contributed by atoms with Crippen LogP contribution in [0.15, 0.2) is 36.4 Å². The van der Waals surface area contributed by atoms with Crippen LogP contribution >= 0.6 is 0 Å². The molecule has 0 atom stereocenters. The van der Waals surface area contributed by atoms with Crippen LogP contribution in [0.25, 0.3) is 0 Å². The number of carbonyl (C=O) groups is 6. The highest BCUT2D eigenvalue weighted by atomic mass is 16.5. The third-order valence-electron chi connectivity index (χ3n) is 5.52. The Morgan fingerprint density at radius 2 is 0.950 bits per heavy atom. The first-order valence-corrected chi connectivity index (χ1v) is 12.7. The highest BCUT2D eigenvalue weighted by Gasteiger charge is 2.17. The molecule has 0 saturated carbocycles. The molecule has 0 aliphatic heterocycles. The van der Waals surface area contributed by atoms with E-state index in [4.69, 9.17) is 9.47 Å². The maximum Gasteiger partial charge on any atom is 0.339 e. The van der Waals surface area contributed by atoms with Crippen molar-refractivity contribution in [3.63, 3.8) is 0 Å². The number of hydrogen-bond donors (Lipinski definition) is 4. The topological polar surface area (TPSA) is 185 Å². The molecule has 2 aromatic rings. The molecule has 12 nitrogen and oxygen atoms in total. The summed E-state index contributed by atoms with van der Waals surface area (Å²) < 4.78 is 10.4. The molecule has 214 valence electrons. The number of anilines is 2. The first-order chi connectivity index (χ1) is 19.0. The van der Waals surface area contributed by atoms with Gasteiger partial charge in [-0.15, -0.1) is 0 Å². The fraction of sp³-hybridized carbons (Fsp3) is 0.357. The van der Waals surface area contributed by atoms with E-state index in [1.807, 2.05) is 0 Å². The average molecular weight is 557 g/mol. The second kappa shape index (κ2) is 15.6. The van der Waals surface area contributed by atoms with Gasteiger partial charge in [-0.05, 0) is 49.2 Å². The Balaban J connectivity index is 1.67. The Morgan fingerprint density at radius 1 is 0.600 bits per heavy atom. The molecule has 0 aliphatic carbocycles. The van der Waals surface area contributed by atoms with E-state index in [1.54, 1.807) is 0 Å². The van der Waals surface area contributed by atoms with Crippen LogP contribution in [0.5, 0.6) is 11.5 Å². The van der Waals surface area contributed by atoms with E-state index >= 15 is 0 Å². The molecular weight excluding hydrogens is 524 g/mol. The summed E-state index contributed by atoms with van der Waals surface area (Å²) in [6.07, 6.45) is 4.37. The number of aromatic carboxylic acids is 2. The van der Waals surface area contributed by atoms with Crippen molar-refractivity contribution in [2.45, 2.75) is 65.2 Å². The Morgan fingerprint density at radius 3 is 1.27 bits per heavy atom. The number of carboxylic acids is 2. The van der Waals surface area contributed by atoms with E-state index in [0.29, 0.717) is 12.8 Å². The lowest BCUT2D eigenvalue weighted by molar-refractivity contribution is -0.135. The summed E-state index contributed by atoms with van der Waals surface area (Å²) >= 11 is 0. The van der Waals surface area contributed by atoms with Gasteiger partial charge in [-0.2, -0.15) is 0 Å². The lowest BCUT2D eigenvalue weighted by Gasteiger charge is -2.10. The van der Waals surface area contributed by atoms with Crippen LogP contribution in [0.2, 0.25) is 0 Å². The van der Waals surface area contributed by atoms with Crippen molar-refractivity contribution in [2.75, 3.05) is 10.6 Å². The van der Waals surface area contributed by atoms with Gasteiger partial charge in [-0.25, -0.2) is 9.59 Å². The molecule has 0 heterocycles. The SMILES string of the molecule is CC(=O)Nc1ccc(OC(=O)CCCCCCCCC(=O)Oc2ccc(NC(C)=O)cc2C(=O)O)c(C(=O)O)c1. The van der Waals surface area contributed by atoms with Crippen molar-refractivity contribution in [3.8, 4) is 11.5 Å². The van der Waals surface area contributed by atoms with E-state index in [0.717, 1.165) is 25.7 Å². The molecule has 2 aromatic carbocycles. The maximum atomic E-state index is 12.2. The molecule has 0 radical (unpaired) electrons. The van der Waals surface area contributed by atoms with Crippen LogP contribution in [0.4, 0.5) is 11.4 Å². The van der Waals surface area contributed by atoms with E-state index in [2.05, 4.69) is 10.6 Å². The molecule has 0 fully saturated rings. The highest BCUT2D eigenvalue weighted by Crippen LogP contribution is 2.25. The largest absolute Gasteiger partial charge is 0.478 e. The van der Waals surface area contributed by atoms with E-state index in [-0.39, 0.29) is 58.7 Å². The van der Waals surface area contributed by atoms with Gasteiger partial charge in [0.25, 0.3) is 0 Å². The number of benzene rings is 2. The Hall–Kier alpha value is -4.74. The zero-order chi connectivity index (χ0) is 29.7. The summed E-state index contributed by atoms with van der Waals surface area (Å²) in [5.74, 6) is -4.63. The minimum Gasteiger partial charge on any atom is -0.478 e. The summed E-state index contributed by atoms with van der Waals surface area (Å²) in [4.78, 5) is 69.6. The fourth-order valence-corrected chi connectivity index (χ4v) is 3.73. The molecule has 4 N–H and O–H groups in total. The van der Waals surface area contributed by atoms with Gasteiger partial charge in [0, 0.05) is 38.1 Å². The van der Waals surface area contributed by atoms with Gasteiger partial charge in [-0.3, -0.25) is 19.2 Å². The molecule has 0 saturated heterocycles. The summed E-state index contributed by atoms with van der Waals surface area (Å²) in [5, 5.41) is 23.7. The second-order valence-corrected chi connectivity index (χ2v) is 8.96. The molecular formula is C28H32N2O10. The number of carbonyl (C=O) groups excluding carboxylic acids is 4. The van der Waals surface area contributed by atoms with Gasteiger partial charge < -0.3 is 30.3 Å². The zero-order valence-corrected chi connectivity index (χ0v) is 22.3. The number of carboxylic acid groups (broad SMARTS) is 2. The molecule has 0 aromatic heterocycles. The predicted octanol–water partition coefficient (Wildman–Crippen LogP) is 4.63. The van der Waals surface area contributed by atoms with Crippen LogP contribution in [0.1, 0.15) is 85.9 Å². The Kier molecular flexibility index (Phi) is 12.3. The third-order valence-corrected chi connectivity index (χ3v) is 5.52. The fourth-order valence-electron chi connectivity index (χ4n) is 3.73. The summed E-state index contributed by atoms with van der Waals surface area (Å²) in [6.45, 7) is 2.58. The molecule has 40 heavy (non-hydrogen) atoms. The first-order valence-electron chi connectivity index (χ1n) is 12.7. The normalized spacial score (nSPS) is 10.3. The van der Waals surface area contributed by atoms with Gasteiger partial charge in [0.05, 0.1) is 0 Å². The van der Waals surface area contributed by atoms with E-state index in [9.17, 15) is 39.0 Å². The van der Waals surface area contributed by atoms with Crippen molar-refractivity contribution in [2.24, 2.45) is 0 Å². The van der Waals surface area contributed by atoms with E-state index in [1.165, 1.54) is 50.2 Å². The van der Waals surface area contributed by atoms with Crippen molar-refractivity contribution in [1.29, 1.82) is 0 Å². The number of esters is 2. The second-order valence-electron chi connectivity index (χ2n) is 8.96. The molecule has 0 bridgehead atoms. The summed E-state index contributed by atoms with van der Waals surface area (Å²) in [6, 6.07) is 7.97. The molecule has 2 rings (SSSR count).